The van der Waals surface area contributed by atoms with Crippen LogP contribution in [0.25, 0.3) is 0 Å². The number of esters is 1. The Morgan fingerprint density at radius 1 is 1.64 bits per heavy atom. The summed E-state index contributed by atoms with van der Waals surface area (Å²) in [6.07, 6.45) is 0.183. The maximum atomic E-state index is 11.4. The molecule has 0 spiro atoms. The van der Waals surface area contributed by atoms with E-state index in [1.165, 1.54) is 0 Å². The molecule has 4 nitrogen and oxygen atoms in total. The molecule has 0 saturated carbocycles. The van der Waals surface area contributed by atoms with Gasteiger partial charge in [0.05, 0.1) is 12.5 Å². The van der Waals surface area contributed by atoms with Gasteiger partial charge >= 0.3 is 5.97 Å². The first kappa shape index (κ1) is 11.5. The van der Waals surface area contributed by atoms with E-state index in [-0.39, 0.29) is 11.9 Å². The van der Waals surface area contributed by atoms with E-state index in [9.17, 15) is 9.90 Å². The first-order valence-electron chi connectivity index (χ1n) is 4.95. The van der Waals surface area contributed by atoms with Crippen LogP contribution in [0.4, 0.5) is 0 Å². The highest BCUT2D eigenvalue weighted by atomic mass is 16.6. The largest absolute Gasteiger partial charge is 0.459 e. The van der Waals surface area contributed by atoms with Crippen LogP contribution in [0.1, 0.15) is 33.6 Å². The van der Waals surface area contributed by atoms with Crippen LogP contribution < -0.4 is 0 Å². The van der Waals surface area contributed by atoms with E-state index >= 15 is 0 Å². The van der Waals surface area contributed by atoms with Crippen LogP contribution in [0.3, 0.4) is 0 Å². The Labute approximate surface area is 84.2 Å². The van der Waals surface area contributed by atoms with Gasteiger partial charge in [0.25, 0.3) is 0 Å². The van der Waals surface area contributed by atoms with Gasteiger partial charge in [-0.3, -0.25) is 4.79 Å². The van der Waals surface area contributed by atoms with E-state index in [0.717, 1.165) is 0 Å². The van der Waals surface area contributed by atoms with Crippen LogP contribution in [0.5, 0.6) is 0 Å². The number of carbonyl (C=O) groups excluding carboxylic acids is 1. The predicted molar refractivity (Wildman–Crippen MR) is 50.5 cm³/mol. The molecule has 4 heteroatoms. The molecule has 2 atom stereocenters. The third-order valence-corrected chi connectivity index (χ3v) is 2.37. The van der Waals surface area contributed by atoms with E-state index in [4.69, 9.17) is 9.47 Å². The van der Waals surface area contributed by atoms with Gasteiger partial charge in [-0.15, -0.1) is 0 Å². The SMILES string of the molecule is CC(C)C(=O)OC1(C)CCOC(O)C1. The van der Waals surface area contributed by atoms with E-state index in [2.05, 4.69) is 0 Å². The standard InChI is InChI=1S/C10H18O4/c1-7(2)9(12)14-10(3)4-5-13-8(11)6-10/h7-8,11H,4-6H2,1-3H3. The number of aliphatic hydroxyl groups is 1. The summed E-state index contributed by atoms with van der Waals surface area (Å²) >= 11 is 0. The van der Waals surface area contributed by atoms with Crippen molar-refractivity contribution in [3.63, 3.8) is 0 Å². The summed E-state index contributed by atoms with van der Waals surface area (Å²) in [4.78, 5) is 11.4. The van der Waals surface area contributed by atoms with Crippen LogP contribution in [0, 0.1) is 5.92 Å². The third-order valence-electron chi connectivity index (χ3n) is 2.37. The molecule has 0 amide bonds. The van der Waals surface area contributed by atoms with E-state index < -0.39 is 11.9 Å². The zero-order valence-electron chi connectivity index (χ0n) is 8.95. The number of aliphatic hydroxyl groups excluding tert-OH is 1. The molecular weight excluding hydrogens is 184 g/mol. The maximum Gasteiger partial charge on any atom is 0.308 e. The summed E-state index contributed by atoms with van der Waals surface area (Å²) in [5.74, 6) is -0.353. The molecule has 0 aromatic rings. The molecule has 14 heavy (non-hydrogen) atoms. The molecule has 1 rings (SSSR count). The molecule has 1 aliphatic heterocycles. The van der Waals surface area contributed by atoms with E-state index in [1.807, 2.05) is 6.92 Å². The second-order valence-electron chi connectivity index (χ2n) is 4.31. The van der Waals surface area contributed by atoms with Gasteiger partial charge < -0.3 is 14.6 Å². The van der Waals surface area contributed by atoms with Gasteiger partial charge in [-0.25, -0.2) is 0 Å². The Bertz CT molecular complexity index is 214. The third kappa shape index (κ3) is 2.96. The Kier molecular flexibility index (Phi) is 3.50. The fourth-order valence-corrected chi connectivity index (χ4v) is 1.39. The number of hydrogen-bond donors (Lipinski definition) is 1. The monoisotopic (exact) mass is 202 g/mol. The van der Waals surface area contributed by atoms with Crippen LogP contribution in [0.2, 0.25) is 0 Å². The summed E-state index contributed by atoms with van der Waals surface area (Å²) in [7, 11) is 0. The first-order valence-corrected chi connectivity index (χ1v) is 4.95. The Hall–Kier alpha value is -0.610. The van der Waals surface area contributed by atoms with Crippen molar-refractivity contribution in [2.75, 3.05) is 6.61 Å². The fraction of sp³-hybridized carbons (Fsp3) is 0.900. The predicted octanol–water partition coefficient (Wildman–Crippen LogP) is 1.07. The molecule has 1 heterocycles. The van der Waals surface area contributed by atoms with Gasteiger partial charge in [-0.05, 0) is 6.92 Å². The lowest BCUT2D eigenvalue weighted by Gasteiger charge is -2.36. The number of hydrogen-bond acceptors (Lipinski definition) is 4. The minimum atomic E-state index is -0.811. The minimum absolute atomic E-state index is 0.133. The van der Waals surface area contributed by atoms with Crippen molar-refractivity contribution in [2.24, 2.45) is 5.92 Å². The van der Waals surface area contributed by atoms with Crippen LogP contribution >= 0.6 is 0 Å². The molecule has 1 aliphatic rings. The number of ether oxygens (including phenoxy) is 2. The molecule has 0 bridgehead atoms. The molecular formula is C10H18O4. The minimum Gasteiger partial charge on any atom is -0.459 e. The normalized spacial score (nSPS) is 33.1. The summed E-state index contributed by atoms with van der Waals surface area (Å²) in [5.41, 5.74) is -0.570. The highest BCUT2D eigenvalue weighted by molar-refractivity contribution is 5.72. The Morgan fingerprint density at radius 3 is 2.79 bits per heavy atom. The summed E-state index contributed by atoms with van der Waals surface area (Å²) in [6.45, 7) is 5.85. The van der Waals surface area contributed by atoms with Crippen molar-refractivity contribution in [1.82, 2.24) is 0 Å². The van der Waals surface area contributed by atoms with Gasteiger partial charge in [-0.1, -0.05) is 13.8 Å². The zero-order valence-corrected chi connectivity index (χ0v) is 8.95. The van der Waals surface area contributed by atoms with Crippen molar-refractivity contribution >= 4 is 5.97 Å². The lowest BCUT2D eigenvalue weighted by Crippen LogP contribution is -2.42. The molecule has 0 aromatic heterocycles. The first-order chi connectivity index (χ1) is 6.43. The van der Waals surface area contributed by atoms with Crippen LogP contribution in [0.15, 0.2) is 0 Å². The number of rotatable bonds is 2. The van der Waals surface area contributed by atoms with Gasteiger partial charge in [0.15, 0.2) is 6.29 Å². The topological polar surface area (TPSA) is 55.8 Å². The van der Waals surface area contributed by atoms with Crippen molar-refractivity contribution in [1.29, 1.82) is 0 Å². The second-order valence-corrected chi connectivity index (χ2v) is 4.31. The number of carbonyl (C=O) groups is 1. The molecule has 0 aliphatic carbocycles. The van der Waals surface area contributed by atoms with E-state index in [0.29, 0.717) is 19.4 Å². The van der Waals surface area contributed by atoms with Crippen LogP contribution in [-0.4, -0.2) is 29.6 Å². The second kappa shape index (κ2) is 4.28. The Morgan fingerprint density at radius 2 is 2.29 bits per heavy atom. The van der Waals surface area contributed by atoms with Crippen molar-refractivity contribution < 1.29 is 19.4 Å². The molecule has 1 fully saturated rings. The molecule has 1 saturated heterocycles. The molecule has 82 valence electrons. The highest BCUT2D eigenvalue weighted by Gasteiger charge is 2.36. The molecule has 0 radical (unpaired) electrons. The maximum absolute atomic E-state index is 11.4. The average molecular weight is 202 g/mol. The highest BCUT2D eigenvalue weighted by Crippen LogP contribution is 2.28. The van der Waals surface area contributed by atoms with Crippen molar-refractivity contribution in [2.45, 2.75) is 45.5 Å². The molecule has 2 unspecified atom stereocenters. The fourth-order valence-electron chi connectivity index (χ4n) is 1.39. The lowest BCUT2D eigenvalue weighted by molar-refractivity contribution is -0.203. The van der Waals surface area contributed by atoms with Gasteiger partial charge in [0.1, 0.15) is 5.60 Å². The average Bonchev–Trinajstić information content (AvgIpc) is 2.02. The lowest BCUT2D eigenvalue weighted by atomic mass is 9.95. The van der Waals surface area contributed by atoms with Crippen LogP contribution in [-0.2, 0) is 14.3 Å². The van der Waals surface area contributed by atoms with Crippen molar-refractivity contribution in [3.8, 4) is 0 Å². The summed E-state index contributed by atoms with van der Waals surface area (Å²) < 4.78 is 10.3. The molecule has 1 N–H and O–H groups in total. The summed E-state index contributed by atoms with van der Waals surface area (Å²) in [5, 5.41) is 9.28. The van der Waals surface area contributed by atoms with Gasteiger partial charge in [0.2, 0.25) is 0 Å². The quantitative estimate of drug-likeness (QED) is 0.680. The van der Waals surface area contributed by atoms with E-state index in [1.54, 1.807) is 13.8 Å². The smallest absolute Gasteiger partial charge is 0.308 e. The van der Waals surface area contributed by atoms with Gasteiger partial charge in [-0.2, -0.15) is 0 Å². The summed E-state index contributed by atoms with van der Waals surface area (Å²) in [6, 6.07) is 0. The zero-order chi connectivity index (χ0) is 10.8. The van der Waals surface area contributed by atoms with Crippen molar-refractivity contribution in [3.05, 3.63) is 0 Å². The molecule has 0 aromatic carbocycles. The van der Waals surface area contributed by atoms with Gasteiger partial charge in [0, 0.05) is 12.8 Å². The Balaban J connectivity index is 2.52.